The molecule has 0 N–H and O–H groups in total. The van der Waals surface area contributed by atoms with Crippen molar-refractivity contribution in [3.8, 4) is 11.8 Å². The summed E-state index contributed by atoms with van der Waals surface area (Å²) in [6, 6.07) is 16.0. The number of furan rings is 1. The summed E-state index contributed by atoms with van der Waals surface area (Å²) < 4.78 is 7.45. The number of imidazole rings is 1. The van der Waals surface area contributed by atoms with Gasteiger partial charge in [-0.3, -0.25) is 28.8 Å². The average molecular weight is 1330 g/mol. The zero-order valence-electron chi connectivity index (χ0n) is 65.9. The molecule has 542 valence electrons. The number of carbonyl (C=O) groups is 6. The van der Waals surface area contributed by atoms with E-state index in [-0.39, 0.29) is 71.4 Å². The highest BCUT2D eigenvalue weighted by Gasteiger charge is 2.35. The van der Waals surface area contributed by atoms with E-state index in [4.69, 9.17) is 4.42 Å². The van der Waals surface area contributed by atoms with Crippen LogP contribution in [0.25, 0.3) is 0 Å². The first-order valence-corrected chi connectivity index (χ1v) is 36.5. The third-order valence-electron chi connectivity index (χ3n) is 17.5. The van der Waals surface area contributed by atoms with Gasteiger partial charge in [-0.05, 0) is 128 Å². The smallest absolute Gasteiger partial charge is 0.226 e. The van der Waals surface area contributed by atoms with Crippen LogP contribution in [-0.4, -0.2) is 137 Å². The molecule has 6 rings (SSSR count). The fourth-order valence-electron chi connectivity index (χ4n) is 11.6. The van der Waals surface area contributed by atoms with Crippen LogP contribution in [0.15, 0.2) is 59.3 Å². The Bertz CT molecular complexity index is 2660. The zero-order valence-corrected chi connectivity index (χ0v) is 65.9. The van der Waals surface area contributed by atoms with Crippen molar-refractivity contribution in [2.24, 2.45) is 60.3 Å². The number of carbonyl (C=O) groups excluding carboxylic acids is 6. The van der Waals surface area contributed by atoms with Crippen molar-refractivity contribution in [1.29, 1.82) is 0 Å². The second-order valence-electron chi connectivity index (χ2n) is 30.5. The first-order chi connectivity index (χ1) is 44.2. The van der Waals surface area contributed by atoms with E-state index in [0.29, 0.717) is 85.1 Å². The molecule has 3 fully saturated rings. The van der Waals surface area contributed by atoms with Crippen LogP contribution in [0, 0.1) is 65.1 Å². The van der Waals surface area contributed by atoms with Crippen molar-refractivity contribution in [2.75, 3.05) is 26.2 Å². The number of piperidine rings is 1. The molecule has 2 aromatic heterocycles. The number of hydrogen-bond acceptors (Lipinski definition) is 8. The van der Waals surface area contributed by atoms with E-state index < -0.39 is 0 Å². The van der Waals surface area contributed by atoms with Crippen LogP contribution >= 0.6 is 0 Å². The Balaban J connectivity index is 0.00000109. The Hall–Kier alpha value is -5.91. The van der Waals surface area contributed by atoms with Crippen molar-refractivity contribution in [2.45, 2.75) is 300 Å². The van der Waals surface area contributed by atoms with Crippen LogP contribution in [0.5, 0.6) is 0 Å². The highest BCUT2D eigenvalue weighted by molar-refractivity contribution is 5.81. The van der Waals surface area contributed by atoms with E-state index in [9.17, 15) is 28.8 Å². The van der Waals surface area contributed by atoms with Crippen LogP contribution in [0.4, 0.5) is 0 Å². The Morgan fingerprint density at radius 3 is 1.20 bits per heavy atom. The molecule has 3 aromatic rings. The SMILES string of the molecule is CC#CCN(C(=O)C(C)C)C(C)C.CC(C)C(=O)N(Cc1ccccc1)C(C)C.CC(C)C(=O)N(Cc1ccco1)C(C)C.CC(C)C(=O)N1CCC1C(C)C.CC(C)C(=O)N1CCCC1C(C)C.CC(C)C(=O)N1CCCCC1C(C)C.CC(C)c1cnc(C(C)C)n1C. The van der Waals surface area contributed by atoms with E-state index in [1.807, 2.05) is 162 Å². The molecular formula is C80H140N8O7. The van der Waals surface area contributed by atoms with Gasteiger partial charge in [0.25, 0.3) is 0 Å². The van der Waals surface area contributed by atoms with E-state index in [2.05, 4.69) is 133 Å². The highest BCUT2D eigenvalue weighted by atomic mass is 16.3. The first-order valence-electron chi connectivity index (χ1n) is 36.5. The Morgan fingerprint density at radius 2 is 0.874 bits per heavy atom. The summed E-state index contributed by atoms with van der Waals surface area (Å²) in [5.41, 5.74) is 2.50. The summed E-state index contributed by atoms with van der Waals surface area (Å²) in [5, 5.41) is 0. The predicted molar refractivity (Wildman–Crippen MR) is 396 cm³/mol. The average Bonchev–Trinajstić information content (AvgIpc) is 1.31. The molecule has 0 aliphatic carbocycles. The number of likely N-dealkylation sites (tertiary alicyclic amines) is 3. The third-order valence-corrected chi connectivity index (χ3v) is 17.5. The zero-order chi connectivity index (χ0) is 73.3. The van der Waals surface area contributed by atoms with Gasteiger partial charge < -0.3 is 38.4 Å². The molecule has 3 aliphatic heterocycles. The number of amides is 6. The molecule has 0 spiro atoms. The monoisotopic (exact) mass is 1330 g/mol. The lowest BCUT2D eigenvalue weighted by molar-refractivity contribution is -0.144. The maximum atomic E-state index is 12.0. The lowest BCUT2D eigenvalue weighted by Gasteiger charge is -2.44. The molecule has 6 amide bonds. The second kappa shape index (κ2) is 45.6. The number of benzene rings is 1. The lowest BCUT2D eigenvalue weighted by Crippen LogP contribution is -2.54. The number of rotatable bonds is 19. The highest BCUT2D eigenvalue weighted by Crippen LogP contribution is 2.28. The van der Waals surface area contributed by atoms with E-state index >= 15 is 0 Å². The van der Waals surface area contributed by atoms with Gasteiger partial charge in [0.2, 0.25) is 35.4 Å². The summed E-state index contributed by atoms with van der Waals surface area (Å²) in [5.74, 6) is 12.8. The molecule has 0 bridgehead atoms. The van der Waals surface area contributed by atoms with Gasteiger partial charge in [0.1, 0.15) is 11.6 Å². The largest absolute Gasteiger partial charge is 0.467 e. The third kappa shape index (κ3) is 31.4. The molecule has 3 saturated heterocycles. The lowest BCUT2D eigenvalue weighted by atomic mass is 9.90. The van der Waals surface area contributed by atoms with Crippen LogP contribution in [0.1, 0.15) is 274 Å². The fraction of sp³-hybridized carbons (Fsp3) is 0.738. The topological polar surface area (TPSA) is 153 Å². The van der Waals surface area contributed by atoms with Gasteiger partial charge >= 0.3 is 0 Å². The number of hydrogen-bond donors (Lipinski definition) is 0. The minimum atomic E-state index is 0.0300. The standard InChI is InChI=1S/C14H21NO.C12H19NO2.C12H23NO.C11H21NO.C11H19NO.C10H18N2.C10H19NO/c1-11(2)14(16)15(12(3)4)10-13-8-6-5-7-9-13;1-9(2)12(14)13(10(3)4)8-11-6-5-7-15-11;1-9(2)11-7-5-6-8-13(11)12(14)10(3)4;1-8(2)10-6-5-7-12(10)11(13)9(3)4;1-6-7-8-12(10(4)5)11(13)9(2)3;1-7(2)9-6-11-10(8(3)4)12(9)5;1-7(2)9-5-6-11(9)10(12)8(3)4/h5-9,11-12H,10H2,1-4H3;5-7,9-10H,8H2,1-4H3;9-11H,5-8H2,1-4H3;8-10H,5-7H2,1-4H3;9-10H,8H2,1-5H3;6-8H,1-5H3;7-9H,5-6H2,1-4H3. The summed E-state index contributed by atoms with van der Waals surface area (Å²) >= 11 is 0. The Labute approximate surface area is 581 Å². The van der Waals surface area contributed by atoms with Gasteiger partial charge in [-0.25, -0.2) is 4.98 Å². The maximum absolute atomic E-state index is 12.0. The normalized spacial score (nSPS) is 15.9. The van der Waals surface area contributed by atoms with Crippen LogP contribution in [0.3, 0.4) is 0 Å². The van der Waals surface area contributed by atoms with Gasteiger partial charge in [-0.15, -0.1) is 5.92 Å². The molecule has 95 heavy (non-hydrogen) atoms. The van der Waals surface area contributed by atoms with Crippen molar-refractivity contribution in [1.82, 2.24) is 39.0 Å². The Morgan fingerprint density at radius 1 is 0.474 bits per heavy atom. The summed E-state index contributed by atoms with van der Waals surface area (Å²) in [6.45, 7) is 64.1. The molecule has 15 heteroatoms. The summed E-state index contributed by atoms with van der Waals surface area (Å²) in [6.07, 6.45) is 10.8. The Kier molecular flexibility index (Phi) is 42.7. The van der Waals surface area contributed by atoms with E-state index in [1.165, 1.54) is 55.6 Å². The summed E-state index contributed by atoms with van der Waals surface area (Å²) in [4.78, 5) is 87.0. The molecule has 3 aliphatic rings. The van der Waals surface area contributed by atoms with Gasteiger partial charge in [0.15, 0.2) is 0 Å². The molecule has 3 unspecified atom stereocenters. The molecule has 5 heterocycles. The van der Waals surface area contributed by atoms with Crippen molar-refractivity contribution >= 4 is 35.4 Å². The predicted octanol–water partition coefficient (Wildman–Crippen LogP) is 17.2. The van der Waals surface area contributed by atoms with Gasteiger partial charge in [0.05, 0.1) is 19.4 Å². The van der Waals surface area contributed by atoms with E-state index in [1.54, 1.807) is 18.1 Å². The molecule has 3 atom stereocenters. The maximum Gasteiger partial charge on any atom is 0.226 e. The first kappa shape index (κ1) is 89.1. The summed E-state index contributed by atoms with van der Waals surface area (Å²) in [7, 11) is 2.09. The van der Waals surface area contributed by atoms with Crippen molar-refractivity contribution in [3.05, 3.63) is 77.8 Å². The molecule has 0 saturated carbocycles. The number of nitrogens with zero attached hydrogens (tertiary/aromatic N) is 8. The van der Waals surface area contributed by atoms with E-state index in [0.717, 1.165) is 25.4 Å². The second-order valence-corrected chi connectivity index (χ2v) is 30.5. The minimum absolute atomic E-state index is 0.0300. The van der Waals surface area contributed by atoms with Gasteiger partial charge in [-0.1, -0.05) is 189 Å². The molecule has 0 radical (unpaired) electrons. The fourth-order valence-corrected chi connectivity index (χ4v) is 11.6. The number of aromatic nitrogens is 2. The van der Waals surface area contributed by atoms with Crippen molar-refractivity contribution < 1.29 is 33.2 Å². The molecule has 15 nitrogen and oxygen atoms in total. The van der Waals surface area contributed by atoms with Crippen LogP contribution in [-0.2, 0) is 48.9 Å². The van der Waals surface area contributed by atoms with Crippen molar-refractivity contribution in [3.63, 3.8) is 0 Å². The van der Waals surface area contributed by atoms with Gasteiger partial charge in [0, 0.05) is 123 Å². The van der Waals surface area contributed by atoms with Gasteiger partial charge in [-0.2, -0.15) is 0 Å². The van der Waals surface area contributed by atoms with Crippen LogP contribution in [0.2, 0.25) is 0 Å². The minimum Gasteiger partial charge on any atom is -0.467 e. The molecular weight excluding hydrogens is 1180 g/mol. The molecule has 1 aromatic carbocycles. The van der Waals surface area contributed by atoms with Crippen LogP contribution < -0.4 is 0 Å². The quantitative estimate of drug-likeness (QED) is 0.108.